The molecule has 0 radical (unpaired) electrons. The maximum atomic E-state index is 5.14. The maximum Gasteiger partial charge on any atom is 0.118 e. The normalized spacial score (nSPS) is 17.7. The van der Waals surface area contributed by atoms with Crippen molar-refractivity contribution in [3.05, 3.63) is 29.8 Å². The van der Waals surface area contributed by atoms with Gasteiger partial charge in [0.2, 0.25) is 0 Å². The van der Waals surface area contributed by atoms with Crippen LogP contribution in [0.5, 0.6) is 5.75 Å². The Morgan fingerprint density at radius 1 is 1.20 bits per heavy atom. The molecule has 0 amide bonds. The molecule has 2 N–H and O–H groups in total. The number of rotatable bonds is 3. The summed E-state index contributed by atoms with van der Waals surface area (Å²) in [5, 5.41) is 3.38. The van der Waals surface area contributed by atoms with E-state index in [1.807, 2.05) is 12.1 Å². The van der Waals surface area contributed by atoms with Crippen LogP contribution in [0.3, 0.4) is 0 Å². The molecule has 1 aliphatic rings. The van der Waals surface area contributed by atoms with Crippen LogP contribution in [0, 0.1) is 0 Å². The molecule has 1 aromatic carbocycles. The van der Waals surface area contributed by atoms with E-state index in [4.69, 9.17) is 4.74 Å². The lowest BCUT2D eigenvalue weighted by molar-refractivity contribution is -0.915. The van der Waals surface area contributed by atoms with Gasteiger partial charge in [0, 0.05) is 18.7 Å². The second-order valence-electron chi connectivity index (χ2n) is 4.02. The summed E-state index contributed by atoms with van der Waals surface area (Å²) in [4.78, 5) is 1.67. The first-order valence-corrected chi connectivity index (χ1v) is 5.56. The SMILES string of the molecule is COc1ccc(C[NH+]2CCNCC2)cc1. The maximum absolute atomic E-state index is 5.14. The van der Waals surface area contributed by atoms with Crippen molar-refractivity contribution in [3.63, 3.8) is 0 Å². The second kappa shape index (κ2) is 5.14. The molecule has 1 heterocycles. The molecule has 0 aromatic heterocycles. The van der Waals surface area contributed by atoms with E-state index in [2.05, 4.69) is 17.4 Å². The van der Waals surface area contributed by atoms with Gasteiger partial charge in [-0.25, -0.2) is 0 Å². The highest BCUT2D eigenvalue weighted by Gasteiger charge is 2.12. The van der Waals surface area contributed by atoms with Crippen LogP contribution in [0.4, 0.5) is 0 Å². The van der Waals surface area contributed by atoms with E-state index >= 15 is 0 Å². The zero-order valence-electron chi connectivity index (χ0n) is 9.25. The Morgan fingerprint density at radius 2 is 1.87 bits per heavy atom. The van der Waals surface area contributed by atoms with Crippen LogP contribution in [0.1, 0.15) is 5.56 Å². The van der Waals surface area contributed by atoms with E-state index in [1.54, 1.807) is 12.0 Å². The second-order valence-corrected chi connectivity index (χ2v) is 4.02. The first-order valence-electron chi connectivity index (χ1n) is 5.56. The molecule has 0 aliphatic carbocycles. The van der Waals surface area contributed by atoms with Crippen LogP contribution in [-0.4, -0.2) is 33.3 Å². The minimum atomic E-state index is 0.939. The number of nitrogens with one attached hydrogen (secondary N) is 2. The van der Waals surface area contributed by atoms with E-state index in [9.17, 15) is 0 Å². The Bertz CT molecular complexity index is 291. The van der Waals surface area contributed by atoms with Gasteiger partial charge in [-0.2, -0.15) is 0 Å². The number of ether oxygens (including phenoxy) is 1. The van der Waals surface area contributed by atoms with Crippen LogP contribution >= 0.6 is 0 Å². The van der Waals surface area contributed by atoms with Crippen LogP contribution in [0.2, 0.25) is 0 Å². The van der Waals surface area contributed by atoms with Gasteiger partial charge in [-0.05, 0) is 24.3 Å². The Kier molecular flexibility index (Phi) is 3.59. The summed E-state index contributed by atoms with van der Waals surface area (Å²) < 4.78 is 5.14. The Morgan fingerprint density at radius 3 is 2.47 bits per heavy atom. The molecule has 3 heteroatoms. The van der Waals surface area contributed by atoms with Crippen molar-refractivity contribution in [2.75, 3.05) is 33.3 Å². The van der Waals surface area contributed by atoms with Gasteiger partial charge in [-0.3, -0.25) is 0 Å². The highest BCUT2D eigenvalue weighted by Crippen LogP contribution is 2.10. The summed E-state index contributed by atoms with van der Waals surface area (Å²) >= 11 is 0. The van der Waals surface area contributed by atoms with E-state index < -0.39 is 0 Å². The third-order valence-corrected chi connectivity index (χ3v) is 2.92. The van der Waals surface area contributed by atoms with Crippen molar-refractivity contribution in [3.8, 4) is 5.75 Å². The molecule has 0 saturated carbocycles. The molecule has 15 heavy (non-hydrogen) atoms. The molecular weight excluding hydrogens is 188 g/mol. The van der Waals surface area contributed by atoms with E-state index in [-0.39, 0.29) is 0 Å². The number of quaternary nitrogens is 1. The molecule has 82 valence electrons. The van der Waals surface area contributed by atoms with Crippen LogP contribution in [0.25, 0.3) is 0 Å². The minimum Gasteiger partial charge on any atom is -0.497 e. The van der Waals surface area contributed by atoms with Crippen molar-refractivity contribution in [1.82, 2.24) is 5.32 Å². The van der Waals surface area contributed by atoms with Crippen LogP contribution in [-0.2, 0) is 6.54 Å². The van der Waals surface area contributed by atoms with Crippen molar-refractivity contribution < 1.29 is 9.64 Å². The van der Waals surface area contributed by atoms with Crippen molar-refractivity contribution >= 4 is 0 Å². The van der Waals surface area contributed by atoms with Crippen molar-refractivity contribution in [2.24, 2.45) is 0 Å². The van der Waals surface area contributed by atoms with E-state index in [1.165, 1.54) is 18.7 Å². The predicted molar refractivity (Wildman–Crippen MR) is 60.3 cm³/mol. The molecule has 0 spiro atoms. The van der Waals surface area contributed by atoms with Gasteiger partial charge >= 0.3 is 0 Å². The zero-order valence-corrected chi connectivity index (χ0v) is 9.25. The third-order valence-electron chi connectivity index (χ3n) is 2.92. The Balaban J connectivity index is 1.91. The molecule has 1 aromatic rings. The van der Waals surface area contributed by atoms with Gasteiger partial charge in [-0.15, -0.1) is 0 Å². The fourth-order valence-electron chi connectivity index (χ4n) is 1.99. The number of hydrogen-bond donors (Lipinski definition) is 2. The monoisotopic (exact) mass is 207 g/mol. The number of piperazine rings is 1. The van der Waals surface area contributed by atoms with Gasteiger partial charge in [-0.1, -0.05) is 0 Å². The van der Waals surface area contributed by atoms with Crippen LogP contribution < -0.4 is 15.0 Å². The fourth-order valence-corrected chi connectivity index (χ4v) is 1.99. The molecule has 0 atom stereocenters. The number of hydrogen-bond acceptors (Lipinski definition) is 2. The fraction of sp³-hybridized carbons (Fsp3) is 0.500. The highest BCUT2D eigenvalue weighted by atomic mass is 16.5. The lowest BCUT2D eigenvalue weighted by atomic mass is 10.2. The number of methoxy groups -OCH3 is 1. The molecular formula is C12H19N2O+. The van der Waals surface area contributed by atoms with Gasteiger partial charge in [0.05, 0.1) is 20.2 Å². The smallest absolute Gasteiger partial charge is 0.118 e. The van der Waals surface area contributed by atoms with Gasteiger partial charge < -0.3 is 15.0 Å². The Labute approximate surface area is 91.0 Å². The van der Waals surface area contributed by atoms with Gasteiger partial charge in [0.1, 0.15) is 12.3 Å². The summed E-state index contributed by atoms with van der Waals surface area (Å²) in [6.07, 6.45) is 0. The predicted octanol–water partition coefficient (Wildman–Crippen LogP) is -0.317. The first kappa shape index (κ1) is 10.5. The molecule has 2 rings (SSSR count). The van der Waals surface area contributed by atoms with Crippen LogP contribution in [0.15, 0.2) is 24.3 Å². The lowest BCUT2D eigenvalue weighted by Gasteiger charge is -2.24. The topological polar surface area (TPSA) is 25.7 Å². The lowest BCUT2D eigenvalue weighted by Crippen LogP contribution is -3.13. The molecule has 1 fully saturated rings. The summed E-state index contributed by atoms with van der Waals surface area (Å²) in [5.41, 5.74) is 1.40. The zero-order chi connectivity index (χ0) is 10.5. The molecule has 3 nitrogen and oxygen atoms in total. The quantitative estimate of drug-likeness (QED) is 0.710. The summed E-state index contributed by atoms with van der Waals surface area (Å²) in [6, 6.07) is 8.40. The van der Waals surface area contributed by atoms with E-state index in [0.717, 1.165) is 25.4 Å². The average Bonchev–Trinajstić information content (AvgIpc) is 2.31. The summed E-state index contributed by atoms with van der Waals surface area (Å²) in [7, 11) is 1.70. The summed E-state index contributed by atoms with van der Waals surface area (Å²) in [6.45, 7) is 5.88. The van der Waals surface area contributed by atoms with Gasteiger partial charge in [0.15, 0.2) is 0 Å². The summed E-state index contributed by atoms with van der Waals surface area (Å²) in [5.74, 6) is 0.939. The number of benzene rings is 1. The van der Waals surface area contributed by atoms with Crippen molar-refractivity contribution in [1.29, 1.82) is 0 Å². The first-order chi connectivity index (χ1) is 7.38. The van der Waals surface area contributed by atoms with Gasteiger partial charge in [0.25, 0.3) is 0 Å². The average molecular weight is 207 g/mol. The largest absolute Gasteiger partial charge is 0.497 e. The van der Waals surface area contributed by atoms with E-state index in [0.29, 0.717) is 0 Å². The highest BCUT2D eigenvalue weighted by molar-refractivity contribution is 5.26. The minimum absolute atomic E-state index is 0.939. The standard InChI is InChI=1S/C12H18N2O/c1-15-12-4-2-11(3-5-12)10-14-8-6-13-7-9-14/h2-5,13H,6-10H2,1H3/p+1. The Hall–Kier alpha value is -1.06. The molecule has 1 saturated heterocycles. The molecule has 0 unspecified atom stereocenters. The molecule has 0 bridgehead atoms. The van der Waals surface area contributed by atoms with Crippen molar-refractivity contribution in [2.45, 2.75) is 6.54 Å². The third kappa shape index (κ3) is 2.94. The molecule has 1 aliphatic heterocycles.